The smallest absolute Gasteiger partial charge is 0.148 e. The van der Waals surface area contributed by atoms with Crippen molar-refractivity contribution in [2.75, 3.05) is 7.05 Å². The van der Waals surface area contributed by atoms with Crippen molar-refractivity contribution >= 4 is 26.9 Å². The molecule has 0 aliphatic heterocycles. The molecule has 1 aromatic carbocycles. The van der Waals surface area contributed by atoms with Crippen LogP contribution in [0.5, 0.6) is 0 Å². The summed E-state index contributed by atoms with van der Waals surface area (Å²) in [4.78, 5) is 0. The van der Waals surface area contributed by atoms with Crippen LogP contribution in [0.2, 0.25) is 0 Å². The van der Waals surface area contributed by atoms with Gasteiger partial charge in [0.15, 0.2) is 0 Å². The number of hydrogen-bond acceptors (Lipinski definition) is 2. The predicted molar refractivity (Wildman–Crippen MR) is 75.5 cm³/mol. The number of halogens is 1. The minimum Gasteiger partial charge on any atom is -0.458 e. The molecule has 0 amide bonds. The fourth-order valence-electron chi connectivity index (χ4n) is 2.29. The number of aryl methyl sites for hydroxylation is 1. The third-order valence-electron chi connectivity index (χ3n) is 2.92. The van der Waals surface area contributed by atoms with E-state index in [2.05, 4.69) is 54.2 Å². The lowest BCUT2D eigenvalue weighted by atomic mass is 9.98. The maximum atomic E-state index is 5.98. The van der Waals surface area contributed by atoms with Crippen molar-refractivity contribution in [1.29, 1.82) is 0 Å². The van der Waals surface area contributed by atoms with Gasteiger partial charge in [0.2, 0.25) is 0 Å². The van der Waals surface area contributed by atoms with E-state index in [1.54, 1.807) is 0 Å². The van der Waals surface area contributed by atoms with Crippen LogP contribution < -0.4 is 5.32 Å². The van der Waals surface area contributed by atoms with Gasteiger partial charge in [-0.2, -0.15) is 0 Å². The Labute approximate surface area is 111 Å². The molecule has 0 saturated heterocycles. The Kier molecular flexibility index (Phi) is 3.59. The van der Waals surface area contributed by atoms with Gasteiger partial charge >= 0.3 is 0 Å². The summed E-state index contributed by atoms with van der Waals surface area (Å²) in [5.41, 5.74) is 3.53. The second-order valence-electron chi connectivity index (χ2n) is 4.75. The van der Waals surface area contributed by atoms with E-state index in [1.807, 2.05) is 7.05 Å². The second-order valence-corrected chi connectivity index (χ2v) is 5.60. The van der Waals surface area contributed by atoms with Gasteiger partial charge in [0, 0.05) is 10.9 Å². The number of nitrogens with one attached hydrogen (secondary N) is 1. The van der Waals surface area contributed by atoms with E-state index in [0.717, 1.165) is 22.4 Å². The van der Waals surface area contributed by atoms with Crippen LogP contribution in [0.1, 0.15) is 36.7 Å². The zero-order valence-electron chi connectivity index (χ0n) is 10.7. The molecular formula is C14H18BrNO. The molecule has 2 rings (SSSR count). The largest absolute Gasteiger partial charge is 0.458 e. The highest BCUT2D eigenvalue weighted by Crippen LogP contribution is 2.36. The Morgan fingerprint density at radius 3 is 2.65 bits per heavy atom. The molecule has 0 saturated carbocycles. The number of benzene rings is 1. The summed E-state index contributed by atoms with van der Waals surface area (Å²) >= 11 is 3.58. The lowest BCUT2D eigenvalue weighted by Gasteiger charge is -2.06. The zero-order chi connectivity index (χ0) is 12.6. The highest BCUT2D eigenvalue weighted by atomic mass is 79.9. The summed E-state index contributed by atoms with van der Waals surface area (Å²) in [6.07, 6.45) is 0. The fraction of sp³-hybridized carbons (Fsp3) is 0.429. The van der Waals surface area contributed by atoms with Crippen molar-refractivity contribution in [3.63, 3.8) is 0 Å². The van der Waals surface area contributed by atoms with Gasteiger partial charge in [-0.3, -0.25) is 0 Å². The van der Waals surface area contributed by atoms with Gasteiger partial charge in [0.1, 0.15) is 11.3 Å². The van der Waals surface area contributed by atoms with E-state index in [9.17, 15) is 0 Å². The number of rotatable bonds is 3. The molecule has 17 heavy (non-hydrogen) atoms. The average molecular weight is 296 g/mol. The van der Waals surface area contributed by atoms with Gasteiger partial charge in [0.05, 0.1) is 11.0 Å². The van der Waals surface area contributed by atoms with Gasteiger partial charge < -0.3 is 9.73 Å². The van der Waals surface area contributed by atoms with Crippen LogP contribution in [0.4, 0.5) is 0 Å². The van der Waals surface area contributed by atoms with Crippen LogP contribution in [-0.4, -0.2) is 7.05 Å². The molecule has 0 spiro atoms. The van der Waals surface area contributed by atoms with E-state index in [-0.39, 0.29) is 0 Å². The maximum absolute atomic E-state index is 5.98. The molecule has 1 heterocycles. The highest BCUT2D eigenvalue weighted by Gasteiger charge is 2.18. The first-order chi connectivity index (χ1) is 8.04. The fourth-order valence-corrected chi connectivity index (χ4v) is 2.94. The van der Waals surface area contributed by atoms with Gasteiger partial charge in [-0.1, -0.05) is 13.8 Å². The first kappa shape index (κ1) is 12.7. The Morgan fingerprint density at radius 1 is 1.35 bits per heavy atom. The molecular weight excluding hydrogens is 278 g/mol. The van der Waals surface area contributed by atoms with Gasteiger partial charge in [0.25, 0.3) is 0 Å². The Bertz CT molecular complexity index is 543. The molecule has 0 bridgehead atoms. The van der Waals surface area contributed by atoms with Gasteiger partial charge in [-0.15, -0.1) is 0 Å². The summed E-state index contributed by atoms with van der Waals surface area (Å²) in [6, 6.07) is 4.30. The van der Waals surface area contributed by atoms with Crippen molar-refractivity contribution in [2.45, 2.75) is 33.2 Å². The normalized spacial score (nSPS) is 11.6. The molecule has 0 aliphatic rings. The molecule has 0 aliphatic carbocycles. The lowest BCUT2D eigenvalue weighted by Crippen LogP contribution is -2.06. The Balaban J connectivity index is 2.75. The monoisotopic (exact) mass is 295 g/mol. The predicted octanol–water partition coefficient (Wildman–Crippen LogP) is 4.35. The quantitative estimate of drug-likeness (QED) is 0.911. The first-order valence-electron chi connectivity index (χ1n) is 5.90. The van der Waals surface area contributed by atoms with Crippen LogP contribution in [0.3, 0.4) is 0 Å². The lowest BCUT2D eigenvalue weighted by molar-refractivity contribution is 0.519. The van der Waals surface area contributed by atoms with Crippen molar-refractivity contribution < 1.29 is 4.42 Å². The summed E-state index contributed by atoms with van der Waals surface area (Å²) in [5, 5.41) is 4.40. The molecule has 92 valence electrons. The van der Waals surface area contributed by atoms with E-state index in [4.69, 9.17) is 4.42 Å². The van der Waals surface area contributed by atoms with Gasteiger partial charge in [-0.25, -0.2) is 0 Å². The maximum Gasteiger partial charge on any atom is 0.148 e. The third kappa shape index (κ3) is 2.26. The molecule has 0 radical (unpaired) electrons. The first-order valence-corrected chi connectivity index (χ1v) is 6.70. The number of fused-ring (bicyclic) bond motifs is 1. The van der Waals surface area contributed by atoms with E-state index in [1.165, 1.54) is 16.5 Å². The Hall–Kier alpha value is -0.800. The van der Waals surface area contributed by atoms with Crippen LogP contribution in [0.25, 0.3) is 11.0 Å². The summed E-state index contributed by atoms with van der Waals surface area (Å²) < 4.78 is 7.02. The van der Waals surface area contributed by atoms with Crippen LogP contribution in [0.15, 0.2) is 21.0 Å². The van der Waals surface area contributed by atoms with Crippen molar-refractivity contribution in [3.8, 4) is 0 Å². The molecule has 1 N–H and O–H groups in total. The van der Waals surface area contributed by atoms with Crippen molar-refractivity contribution in [1.82, 2.24) is 5.32 Å². The highest BCUT2D eigenvalue weighted by molar-refractivity contribution is 9.10. The Morgan fingerprint density at radius 2 is 2.06 bits per heavy atom. The molecule has 2 aromatic rings. The van der Waals surface area contributed by atoms with E-state index in [0.29, 0.717) is 5.92 Å². The van der Waals surface area contributed by atoms with E-state index >= 15 is 0 Å². The second kappa shape index (κ2) is 4.83. The third-order valence-corrected chi connectivity index (χ3v) is 3.51. The summed E-state index contributed by atoms with van der Waals surface area (Å²) in [5.74, 6) is 1.51. The van der Waals surface area contributed by atoms with Crippen molar-refractivity contribution in [3.05, 3.63) is 33.5 Å². The summed E-state index contributed by atoms with van der Waals surface area (Å²) in [6.45, 7) is 7.30. The summed E-state index contributed by atoms with van der Waals surface area (Å²) in [7, 11) is 1.94. The molecule has 0 unspecified atom stereocenters. The molecule has 0 atom stereocenters. The van der Waals surface area contributed by atoms with E-state index < -0.39 is 0 Å². The average Bonchev–Trinajstić information content (AvgIpc) is 2.57. The number of hydrogen-bond donors (Lipinski definition) is 1. The minimum atomic E-state index is 0.466. The van der Waals surface area contributed by atoms with Crippen LogP contribution in [0, 0.1) is 6.92 Å². The minimum absolute atomic E-state index is 0.466. The molecule has 1 aromatic heterocycles. The van der Waals surface area contributed by atoms with Crippen LogP contribution in [-0.2, 0) is 6.54 Å². The number of furan rings is 1. The van der Waals surface area contributed by atoms with Crippen molar-refractivity contribution in [2.24, 2.45) is 0 Å². The molecule has 0 fully saturated rings. The molecule has 2 nitrogen and oxygen atoms in total. The van der Waals surface area contributed by atoms with Gasteiger partial charge in [-0.05, 0) is 53.5 Å². The molecule has 3 heteroatoms. The zero-order valence-corrected chi connectivity index (χ0v) is 12.3. The van der Waals surface area contributed by atoms with Crippen LogP contribution >= 0.6 is 15.9 Å². The topological polar surface area (TPSA) is 25.2 Å². The SMILES string of the molecule is CNCc1oc2c(Br)cc(C)cc2c1C(C)C. The standard InChI is InChI=1S/C14H18BrNO/c1-8(2)13-10-5-9(3)6-11(15)14(10)17-12(13)7-16-4/h5-6,8,16H,7H2,1-4H3.